The number of aromatic nitrogens is 4. The Bertz CT molecular complexity index is 792. The molecule has 0 atom stereocenters. The molecule has 6 heteroatoms. The summed E-state index contributed by atoms with van der Waals surface area (Å²) < 4.78 is 0. The summed E-state index contributed by atoms with van der Waals surface area (Å²) in [4.78, 5) is 10.5. The van der Waals surface area contributed by atoms with Gasteiger partial charge in [-0.25, -0.2) is 4.98 Å². The number of hydrogen-bond donors (Lipinski definition) is 1. The molecule has 0 aliphatic carbocycles. The molecule has 120 valence electrons. The van der Waals surface area contributed by atoms with E-state index in [1.54, 1.807) is 11.8 Å². The molecule has 1 aliphatic heterocycles. The van der Waals surface area contributed by atoms with Crippen molar-refractivity contribution >= 4 is 33.8 Å². The monoisotopic (exact) mass is 327 g/mol. The Kier molecular flexibility index (Phi) is 4.43. The van der Waals surface area contributed by atoms with Crippen LogP contribution in [0.25, 0.3) is 22.1 Å². The van der Waals surface area contributed by atoms with E-state index in [0.717, 1.165) is 39.5 Å². The molecule has 0 saturated carbocycles. The lowest BCUT2D eigenvalue weighted by molar-refractivity contribution is 0.303. The number of nitrogens with one attached hydrogen (secondary N) is 1. The van der Waals surface area contributed by atoms with E-state index in [-0.39, 0.29) is 0 Å². The molecule has 1 aromatic carbocycles. The van der Waals surface area contributed by atoms with Gasteiger partial charge < -0.3 is 9.88 Å². The van der Waals surface area contributed by atoms with E-state index in [0.29, 0.717) is 0 Å². The summed E-state index contributed by atoms with van der Waals surface area (Å²) in [7, 11) is 0. The average molecular weight is 327 g/mol. The molecular weight excluding hydrogens is 306 g/mol. The first-order valence-corrected chi connectivity index (χ1v) is 9.35. The molecule has 0 radical (unpaired) electrons. The second kappa shape index (κ2) is 6.84. The van der Waals surface area contributed by atoms with Gasteiger partial charge in [-0.2, -0.15) is 0 Å². The predicted molar refractivity (Wildman–Crippen MR) is 94.8 cm³/mol. The maximum atomic E-state index is 4.63. The number of fused-ring (bicyclic) bond motifs is 3. The maximum absolute atomic E-state index is 4.63. The van der Waals surface area contributed by atoms with Gasteiger partial charge in [-0.1, -0.05) is 42.8 Å². The van der Waals surface area contributed by atoms with Crippen molar-refractivity contribution in [1.82, 2.24) is 25.1 Å². The summed E-state index contributed by atoms with van der Waals surface area (Å²) in [6.07, 6.45) is 5.44. The first-order valence-electron chi connectivity index (χ1n) is 8.36. The largest absolute Gasteiger partial charge is 0.338 e. The second-order valence-corrected chi connectivity index (χ2v) is 7.13. The van der Waals surface area contributed by atoms with Gasteiger partial charge in [0.1, 0.15) is 5.52 Å². The van der Waals surface area contributed by atoms with Gasteiger partial charge in [0, 0.05) is 23.2 Å². The van der Waals surface area contributed by atoms with Crippen LogP contribution in [0.4, 0.5) is 0 Å². The predicted octanol–water partition coefficient (Wildman–Crippen LogP) is 3.47. The molecule has 1 fully saturated rings. The second-order valence-electron chi connectivity index (χ2n) is 6.07. The normalized spacial score (nSPS) is 16.9. The molecule has 0 bridgehead atoms. The van der Waals surface area contributed by atoms with Crippen LogP contribution in [-0.2, 0) is 0 Å². The Balaban J connectivity index is 1.43. The third-order valence-corrected chi connectivity index (χ3v) is 5.26. The fourth-order valence-corrected chi connectivity index (χ4v) is 3.98. The van der Waals surface area contributed by atoms with Crippen molar-refractivity contribution in [1.29, 1.82) is 0 Å². The molecule has 1 N–H and O–H groups in total. The molecule has 0 amide bonds. The zero-order valence-electron chi connectivity index (χ0n) is 13.2. The SMILES string of the molecule is c1ccc2c(c1)[nH]c1nc(SCCN3CCCCCC3)nnc12. The van der Waals surface area contributed by atoms with Crippen molar-refractivity contribution in [2.75, 3.05) is 25.4 Å². The first kappa shape index (κ1) is 14.9. The molecule has 3 aromatic rings. The van der Waals surface area contributed by atoms with Crippen molar-refractivity contribution in [3.05, 3.63) is 24.3 Å². The highest BCUT2D eigenvalue weighted by Gasteiger charge is 2.11. The minimum Gasteiger partial charge on any atom is -0.338 e. The number of aromatic amines is 1. The Hall–Kier alpha value is -1.66. The third-order valence-electron chi connectivity index (χ3n) is 4.44. The van der Waals surface area contributed by atoms with Gasteiger partial charge in [-0.3, -0.25) is 0 Å². The summed E-state index contributed by atoms with van der Waals surface area (Å²) in [6.45, 7) is 3.58. The van der Waals surface area contributed by atoms with E-state index in [2.05, 4.69) is 31.1 Å². The third kappa shape index (κ3) is 3.33. The number of likely N-dealkylation sites (tertiary alicyclic amines) is 1. The number of nitrogens with zero attached hydrogens (tertiary/aromatic N) is 4. The fourth-order valence-electron chi connectivity index (χ4n) is 3.19. The molecular formula is C17H21N5S. The van der Waals surface area contributed by atoms with Gasteiger partial charge in [0.25, 0.3) is 0 Å². The quantitative estimate of drug-likeness (QED) is 0.744. The van der Waals surface area contributed by atoms with Gasteiger partial charge in [0.05, 0.1) is 0 Å². The smallest absolute Gasteiger partial charge is 0.211 e. The molecule has 0 spiro atoms. The Morgan fingerprint density at radius 3 is 2.74 bits per heavy atom. The standard InChI is InChI=1S/C17H21N5S/c1-2-6-10-22(9-5-1)11-12-23-17-19-16-15(20-21-17)13-7-3-4-8-14(13)18-16/h3-4,7-8H,1-2,5-6,9-12H2,(H,18,19,21). The Morgan fingerprint density at radius 1 is 1.04 bits per heavy atom. The summed E-state index contributed by atoms with van der Waals surface area (Å²) in [5.74, 6) is 1.02. The molecule has 2 aromatic heterocycles. The highest BCUT2D eigenvalue weighted by atomic mass is 32.2. The molecule has 1 aliphatic rings. The van der Waals surface area contributed by atoms with Crippen molar-refractivity contribution in [2.24, 2.45) is 0 Å². The van der Waals surface area contributed by atoms with Crippen LogP contribution in [0.5, 0.6) is 0 Å². The van der Waals surface area contributed by atoms with Crippen molar-refractivity contribution in [3.63, 3.8) is 0 Å². The average Bonchev–Trinajstić information content (AvgIpc) is 2.75. The molecule has 4 rings (SSSR count). The summed E-state index contributed by atoms with van der Waals surface area (Å²) >= 11 is 1.70. The highest BCUT2D eigenvalue weighted by Crippen LogP contribution is 2.23. The topological polar surface area (TPSA) is 57.7 Å². The number of rotatable bonds is 4. The van der Waals surface area contributed by atoms with Crippen LogP contribution in [0.1, 0.15) is 25.7 Å². The minimum absolute atomic E-state index is 0.763. The van der Waals surface area contributed by atoms with E-state index in [9.17, 15) is 0 Å². The number of H-pyrrole nitrogens is 1. The van der Waals surface area contributed by atoms with E-state index in [1.165, 1.54) is 38.8 Å². The summed E-state index contributed by atoms with van der Waals surface area (Å²) in [6, 6.07) is 8.13. The number of hydrogen-bond acceptors (Lipinski definition) is 5. The van der Waals surface area contributed by atoms with Crippen LogP contribution in [0.2, 0.25) is 0 Å². The summed E-state index contributed by atoms with van der Waals surface area (Å²) in [5.41, 5.74) is 2.76. The lowest BCUT2D eigenvalue weighted by Gasteiger charge is -2.18. The van der Waals surface area contributed by atoms with E-state index in [1.807, 2.05) is 18.2 Å². The van der Waals surface area contributed by atoms with Crippen LogP contribution in [0.3, 0.4) is 0 Å². The molecule has 3 heterocycles. The number of para-hydroxylation sites is 1. The van der Waals surface area contributed by atoms with Gasteiger partial charge in [0.2, 0.25) is 5.16 Å². The molecule has 23 heavy (non-hydrogen) atoms. The van der Waals surface area contributed by atoms with E-state index in [4.69, 9.17) is 0 Å². The number of thioether (sulfide) groups is 1. The fraction of sp³-hybridized carbons (Fsp3) is 0.471. The minimum atomic E-state index is 0.763. The number of benzene rings is 1. The molecule has 5 nitrogen and oxygen atoms in total. The zero-order valence-corrected chi connectivity index (χ0v) is 14.0. The Labute approximate surface area is 139 Å². The van der Waals surface area contributed by atoms with Gasteiger partial charge in [0.15, 0.2) is 5.65 Å². The van der Waals surface area contributed by atoms with E-state index < -0.39 is 0 Å². The van der Waals surface area contributed by atoms with Gasteiger partial charge in [-0.15, -0.1) is 10.2 Å². The highest BCUT2D eigenvalue weighted by molar-refractivity contribution is 7.99. The molecule has 1 saturated heterocycles. The van der Waals surface area contributed by atoms with Gasteiger partial charge >= 0.3 is 0 Å². The van der Waals surface area contributed by atoms with Crippen molar-refractivity contribution in [2.45, 2.75) is 30.8 Å². The Morgan fingerprint density at radius 2 is 1.87 bits per heavy atom. The maximum Gasteiger partial charge on any atom is 0.211 e. The lowest BCUT2D eigenvalue weighted by atomic mass is 10.2. The van der Waals surface area contributed by atoms with Gasteiger partial charge in [-0.05, 0) is 32.0 Å². The van der Waals surface area contributed by atoms with Crippen molar-refractivity contribution < 1.29 is 0 Å². The summed E-state index contributed by atoms with van der Waals surface area (Å²) in [5, 5.41) is 10.5. The van der Waals surface area contributed by atoms with Crippen molar-refractivity contribution in [3.8, 4) is 0 Å². The van der Waals surface area contributed by atoms with Crippen LogP contribution in [0, 0.1) is 0 Å². The zero-order chi connectivity index (χ0) is 15.5. The van der Waals surface area contributed by atoms with Crippen LogP contribution in [0.15, 0.2) is 29.4 Å². The van der Waals surface area contributed by atoms with E-state index >= 15 is 0 Å². The molecule has 0 unspecified atom stereocenters. The first-order chi connectivity index (χ1) is 11.4. The van der Waals surface area contributed by atoms with Crippen LogP contribution < -0.4 is 0 Å². The van der Waals surface area contributed by atoms with Crippen LogP contribution >= 0.6 is 11.8 Å². The van der Waals surface area contributed by atoms with Crippen LogP contribution in [-0.4, -0.2) is 50.5 Å². The lowest BCUT2D eigenvalue weighted by Crippen LogP contribution is -2.27.